The predicted molar refractivity (Wildman–Crippen MR) is 86.1 cm³/mol. The minimum absolute atomic E-state index is 0.0308. The van der Waals surface area contributed by atoms with Gasteiger partial charge in [0.05, 0.1) is 16.5 Å². The van der Waals surface area contributed by atoms with Gasteiger partial charge in [-0.05, 0) is 36.6 Å². The molecule has 0 radical (unpaired) electrons. The van der Waals surface area contributed by atoms with Crippen LogP contribution in [0.2, 0.25) is 0 Å². The van der Waals surface area contributed by atoms with E-state index in [1.165, 1.54) is 30.3 Å². The molecule has 3 N–H and O–H groups in total. The molecular weight excluding hydrogens is 349 g/mol. The van der Waals surface area contributed by atoms with Gasteiger partial charge in [-0.15, -0.1) is 0 Å². The second kappa shape index (κ2) is 6.36. The summed E-state index contributed by atoms with van der Waals surface area (Å²) in [6.45, 7) is 0. The van der Waals surface area contributed by atoms with Gasteiger partial charge in [0, 0.05) is 0 Å². The number of hydrogen-bond donors (Lipinski definition) is 3. The molecule has 5 nitrogen and oxygen atoms in total. The van der Waals surface area contributed by atoms with Crippen molar-refractivity contribution >= 4 is 11.8 Å². The molecular formula is C18H15F3N2O3. The smallest absolute Gasteiger partial charge is 0.416 e. The fraction of sp³-hybridized carbons (Fsp3) is 0.222. The maximum absolute atomic E-state index is 12.9. The van der Waals surface area contributed by atoms with E-state index in [9.17, 15) is 27.9 Å². The number of para-hydroxylation sites is 1. The van der Waals surface area contributed by atoms with Crippen LogP contribution in [0, 0.1) is 0 Å². The number of phenols is 1. The van der Waals surface area contributed by atoms with Gasteiger partial charge in [-0.2, -0.15) is 13.2 Å². The number of rotatable bonds is 3. The lowest BCUT2D eigenvalue weighted by atomic mass is 9.93. The maximum Gasteiger partial charge on any atom is 0.416 e. The van der Waals surface area contributed by atoms with Crippen LogP contribution < -0.4 is 10.9 Å². The van der Waals surface area contributed by atoms with E-state index in [1.807, 2.05) is 0 Å². The Morgan fingerprint density at radius 1 is 1.00 bits per heavy atom. The van der Waals surface area contributed by atoms with E-state index in [-0.39, 0.29) is 16.9 Å². The Morgan fingerprint density at radius 3 is 2.31 bits per heavy atom. The zero-order valence-electron chi connectivity index (χ0n) is 13.4. The Labute approximate surface area is 146 Å². The van der Waals surface area contributed by atoms with Gasteiger partial charge in [-0.3, -0.25) is 20.4 Å². The molecule has 2 amide bonds. The molecule has 8 heteroatoms. The average molecular weight is 364 g/mol. The zero-order chi connectivity index (χ0) is 18.9. The van der Waals surface area contributed by atoms with Crippen LogP contribution in [0.3, 0.4) is 0 Å². The number of benzene rings is 2. The predicted octanol–water partition coefficient (Wildman–Crippen LogP) is 2.90. The number of hydrogen-bond acceptors (Lipinski definition) is 3. The molecule has 0 bridgehead atoms. The van der Waals surface area contributed by atoms with Gasteiger partial charge in [-0.1, -0.05) is 30.3 Å². The number of halogens is 3. The summed E-state index contributed by atoms with van der Waals surface area (Å²) >= 11 is 0. The Balaban J connectivity index is 1.72. The number of amides is 2. The summed E-state index contributed by atoms with van der Waals surface area (Å²) in [5.74, 6) is -1.57. The molecule has 2 aromatic rings. The number of alkyl halides is 3. The third-order valence-corrected chi connectivity index (χ3v) is 4.37. The number of carbonyl (C=O) groups excluding carboxylic acids is 2. The molecule has 1 aliphatic carbocycles. The number of hydrazine groups is 1. The molecule has 0 spiro atoms. The fourth-order valence-corrected chi connectivity index (χ4v) is 2.73. The van der Waals surface area contributed by atoms with Crippen LogP contribution >= 0.6 is 0 Å². The first-order chi connectivity index (χ1) is 12.2. The third kappa shape index (κ3) is 3.35. The summed E-state index contributed by atoms with van der Waals surface area (Å²) < 4.78 is 38.6. The Kier molecular flexibility index (Phi) is 4.35. The molecule has 136 valence electrons. The van der Waals surface area contributed by atoms with E-state index >= 15 is 0 Å². The highest BCUT2D eigenvalue weighted by Gasteiger charge is 2.52. The van der Waals surface area contributed by atoms with Crippen molar-refractivity contribution in [3.8, 4) is 5.75 Å². The summed E-state index contributed by atoms with van der Waals surface area (Å²) in [7, 11) is 0. The van der Waals surface area contributed by atoms with E-state index in [4.69, 9.17) is 0 Å². The van der Waals surface area contributed by atoms with Crippen molar-refractivity contribution in [1.29, 1.82) is 0 Å². The molecule has 1 aliphatic rings. The van der Waals surface area contributed by atoms with Crippen molar-refractivity contribution in [2.75, 3.05) is 0 Å². The average Bonchev–Trinajstić information content (AvgIpc) is 3.41. The minimum atomic E-state index is -4.50. The van der Waals surface area contributed by atoms with E-state index in [1.54, 1.807) is 6.07 Å². The molecule has 0 aliphatic heterocycles. The second-order valence-corrected chi connectivity index (χ2v) is 6.09. The molecule has 0 heterocycles. The van der Waals surface area contributed by atoms with Gasteiger partial charge in [0.2, 0.25) is 5.91 Å². The lowest BCUT2D eigenvalue weighted by Gasteiger charge is -2.18. The van der Waals surface area contributed by atoms with Gasteiger partial charge in [0.1, 0.15) is 5.75 Å². The summed E-state index contributed by atoms with van der Waals surface area (Å²) in [6.07, 6.45) is -3.74. The Hall–Kier alpha value is -3.03. The summed E-state index contributed by atoms with van der Waals surface area (Å²) in [5, 5.41) is 9.62. The van der Waals surface area contributed by atoms with Gasteiger partial charge in [-0.25, -0.2) is 0 Å². The summed E-state index contributed by atoms with van der Waals surface area (Å²) in [5.41, 5.74) is 2.72. The van der Waals surface area contributed by atoms with Crippen LogP contribution in [-0.2, 0) is 16.4 Å². The van der Waals surface area contributed by atoms with Crippen LogP contribution in [0.25, 0.3) is 0 Å². The monoisotopic (exact) mass is 364 g/mol. The zero-order valence-corrected chi connectivity index (χ0v) is 13.4. The van der Waals surface area contributed by atoms with Crippen molar-refractivity contribution in [3.05, 3.63) is 65.2 Å². The number of carbonyl (C=O) groups is 2. The normalized spacial score (nSPS) is 15.2. The molecule has 0 aromatic heterocycles. The molecule has 3 rings (SSSR count). The topological polar surface area (TPSA) is 78.4 Å². The highest BCUT2D eigenvalue weighted by molar-refractivity contribution is 5.99. The van der Waals surface area contributed by atoms with Crippen LogP contribution in [-0.4, -0.2) is 16.9 Å². The van der Waals surface area contributed by atoms with Crippen LogP contribution in [0.5, 0.6) is 5.75 Å². The summed E-state index contributed by atoms with van der Waals surface area (Å²) in [6, 6.07) is 10.4. The van der Waals surface area contributed by atoms with Crippen molar-refractivity contribution in [2.24, 2.45) is 0 Å². The molecule has 1 saturated carbocycles. The van der Waals surface area contributed by atoms with Gasteiger partial charge >= 0.3 is 6.18 Å². The van der Waals surface area contributed by atoms with E-state index < -0.39 is 29.0 Å². The first-order valence-corrected chi connectivity index (χ1v) is 7.80. The maximum atomic E-state index is 12.9. The lowest BCUT2D eigenvalue weighted by Crippen LogP contribution is -2.46. The number of aromatic hydroxyl groups is 1. The number of nitrogens with one attached hydrogen (secondary N) is 2. The van der Waals surface area contributed by atoms with Crippen molar-refractivity contribution in [3.63, 3.8) is 0 Å². The SMILES string of the molecule is O=C(NNC(=O)C1(c2cccc(C(F)(F)F)c2)CC1)c1ccccc1O. The molecule has 2 aromatic carbocycles. The van der Waals surface area contributed by atoms with Gasteiger partial charge in [0.25, 0.3) is 5.91 Å². The molecule has 1 fully saturated rings. The van der Waals surface area contributed by atoms with Crippen molar-refractivity contribution in [1.82, 2.24) is 10.9 Å². The Bertz CT molecular complexity index is 861. The van der Waals surface area contributed by atoms with Gasteiger partial charge < -0.3 is 5.11 Å². The van der Waals surface area contributed by atoms with Crippen LogP contribution in [0.15, 0.2) is 48.5 Å². The third-order valence-electron chi connectivity index (χ3n) is 4.37. The molecule has 26 heavy (non-hydrogen) atoms. The van der Waals surface area contributed by atoms with E-state index in [0.717, 1.165) is 12.1 Å². The van der Waals surface area contributed by atoms with Crippen molar-refractivity contribution < 1.29 is 27.9 Å². The second-order valence-electron chi connectivity index (χ2n) is 6.09. The number of phenolic OH excluding ortho intramolecular Hbond substituents is 1. The van der Waals surface area contributed by atoms with Crippen molar-refractivity contribution in [2.45, 2.75) is 24.4 Å². The highest BCUT2D eigenvalue weighted by atomic mass is 19.4. The molecule has 0 unspecified atom stereocenters. The van der Waals surface area contributed by atoms with E-state index in [0.29, 0.717) is 12.8 Å². The minimum Gasteiger partial charge on any atom is -0.507 e. The highest BCUT2D eigenvalue weighted by Crippen LogP contribution is 2.49. The largest absolute Gasteiger partial charge is 0.507 e. The Morgan fingerprint density at radius 2 is 1.69 bits per heavy atom. The lowest BCUT2D eigenvalue weighted by molar-refractivity contribution is -0.137. The van der Waals surface area contributed by atoms with Gasteiger partial charge in [0.15, 0.2) is 0 Å². The molecule has 0 atom stereocenters. The quantitative estimate of drug-likeness (QED) is 0.733. The van der Waals surface area contributed by atoms with Crippen LogP contribution in [0.4, 0.5) is 13.2 Å². The summed E-state index contributed by atoms with van der Waals surface area (Å²) in [4.78, 5) is 24.4. The fourth-order valence-electron chi connectivity index (χ4n) is 2.73. The molecule has 0 saturated heterocycles. The standard InChI is InChI=1S/C18H15F3N2O3/c19-18(20,21)12-5-3-4-11(10-12)17(8-9-17)16(26)23-22-15(25)13-6-1-2-7-14(13)24/h1-7,10,24H,8-9H2,(H,22,25)(H,23,26). The first kappa shape index (κ1) is 17.8. The van der Waals surface area contributed by atoms with E-state index in [2.05, 4.69) is 10.9 Å². The van der Waals surface area contributed by atoms with Crippen LogP contribution in [0.1, 0.15) is 34.3 Å². The first-order valence-electron chi connectivity index (χ1n) is 7.80.